The highest BCUT2D eigenvalue weighted by Gasteiger charge is 2.14. The second-order valence-electron chi connectivity index (χ2n) is 3.50. The molecule has 1 amide bonds. The monoisotopic (exact) mass is 274 g/mol. The fraction of sp³-hybridized carbons (Fsp3) is 0.300. The van der Waals surface area contributed by atoms with Crippen molar-refractivity contribution in [3.8, 4) is 0 Å². The molecule has 0 fully saturated rings. The van der Waals surface area contributed by atoms with E-state index < -0.39 is 22.4 Å². The number of hydrogen-bond acceptors (Lipinski definition) is 5. The van der Waals surface area contributed by atoms with Crippen molar-refractivity contribution in [1.82, 2.24) is 4.72 Å². The largest absolute Gasteiger partial charge is 0.452 e. The molecule has 1 unspecified atom stereocenters. The number of amides is 1. The molecule has 18 heavy (non-hydrogen) atoms. The first-order chi connectivity index (χ1) is 8.34. The summed E-state index contributed by atoms with van der Waals surface area (Å²) < 4.78 is 30.8. The summed E-state index contributed by atoms with van der Waals surface area (Å²) in [7, 11) is -2.96. The number of methoxy groups -OCH3 is 1. The molecule has 0 saturated carbocycles. The standard InChI is InChI=1S/C10H14N2O5S/c1-7(13)8-3-5-9(6-4-8)11-18(15,16)12-10(14)17-2/h3-7,11,13H,1-2H3,(H,12,14). The fourth-order valence-electron chi connectivity index (χ4n) is 1.16. The summed E-state index contributed by atoms with van der Waals surface area (Å²) >= 11 is 0. The lowest BCUT2D eigenvalue weighted by Gasteiger charge is -2.09. The minimum Gasteiger partial charge on any atom is -0.452 e. The number of ether oxygens (including phenoxy) is 1. The van der Waals surface area contributed by atoms with Gasteiger partial charge in [-0.1, -0.05) is 12.1 Å². The zero-order valence-electron chi connectivity index (χ0n) is 9.88. The lowest BCUT2D eigenvalue weighted by Crippen LogP contribution is -2.35. The van der Waals surface area contributed by atoms with Crippen LogP contribution < -0.4 is 9.44 Å². The number of nitrogens with one attached hydrogen (secondary N) is 2. The number of anilines is 1. The van der Waals surface area contributed by atoms with Crippen LogP contribution in [0.5, 0.6) is 0 Å². The van der Waals surface area contributed by atoms with Crippen molar-refractivity contribution in [1.29, 1.82) is 0 Å². The van der Waals surface area contributed by atoms with Crippen molar-refractivity contribution >= 4 is 22.0 Å². The van der Waals surface area contributed by atoms with E-state index in [1.54, 1.807) is 23.8 Å². The normalized spacial score (nSPS) is 12.6. The second kappa shape index (κ2) is 5.69. The van der Waals surface area contributed by atoms with Crippen LogP contribution in [-0.2, 0) is 14.9 Å². The number of benzene rings is 1. The van der Waals surface area contributed by atoms with E-state index in [2.05, 4.69) is 9.46 Å². The van der Waals surface area contributed by atoms with Crippen LogP contribution in [0.3, 0.4) is 0 Å². The quantitative estimate of drug-likeness (QED) is 0.751. The van der Waals surface area contributed by atoms with E-state index in [1.165, 1.54) is 12.1 Å². The van der Waals surface area contributed by atoms with Crippen molar-refractivity contribution in [2.24, 2.45) is 0 Å². The van der Waals surface area contributed by atoms with Gasteiger partial charge in [0.15, 0.2) is 0 Å². The Morgan fingerprint density at radius 1 is 1.33 bits per heavy atom. The Kier molecular flexibility index (Phi) is 4.51. The molecule has 3 N–H and O–H groups in total. The Hall–Kier alpha value is -1.80. The number of hydrogen-bond donors (Lipinski definition) is 3. The van der Waals surface area contributed by atoms with E-state index in [0.717, 1.165) is 7.11 Å². The SMILES string of the molecule is COC(=O)NS(=O)(=O)Nc1ccc(C(C)O)cc1. The minimum atomic E-state index is -4.02. The first-order valence-corrected chi connectivity index (χ1v) is 6.49. The summed E-state index contributed by atoms with van der Waals surface area (Å²) in [5.74, 6) is 0. The minimum absolute atomic E-state index is 0.260. The molecule has 0 saturated heterocycles. The van der Waals surface area contributed by atoms with Crippen LogP contribution in [0.1, 0.15) is 18.6 Å². The molecule has 0 bridgehead atoms. The van der Waals surface area contributed by atoms with E-state index in [0.29, 0.717) is 5.56 Å². The zero-order chi connectivity index (χ0) is 13.8. The molecule has 7 nitrogen and oxygen atoms in total. The highest BCUT2D eigenvalue weighted by molar-refractivity contribution is 7.91. The molecule has 1 atom stereocenters. The molecule has 1 aromatic rings. The van der Waals surface area contributed by atoms with Gasteiger partial charge in [0.1, 0.15) is 0 Å². The van der Waals surface area contributed by atoms with Gasteiger partial charge in [0.2, 0.25) is 0 Å². The fourth-order valence-corrected chi connectivity index (χ4v) is 1.96. The molecule has 0 spiro atoms. The average Bonchev–Trinajstić information content (AvgIpc) is 2.28. The molecule has 0 aromatic heterocycles. The van der Waals surface area contributed by atoms with Crippen molar-refractivity contribution in [3.63, 3.8) is 0 Å². The smallest absolute Gasteiger partial charge is 0.422 e. The van der Waals surface area contributed by atoms with Crippen LogP contribution in [0.2, 0.25) is 0 Å². The van der Waals surface area contributed by atoms with Crippen molar-refractivity contribution in [3.05, 3.63) is 29.8 Å². The Morgan fingerprint density at radius 2 is 1.89 bits per heavy atom. The number of carbonyl (C=O) groups is 1. The van der Waals surface area contributed by atoms with Gasteiger partial charge in [0, 0.05) is 0 Å². The Morgan fingerprint density at radius 3 is 2.33 bits per heavy atom. The molecule has 0 radical (unpaired) electrons. The maximum atomic E-state index is 11.4. The summed E-state index contributed by atoms with van der Waals surface area (Å²) in [6.07, 6.45) is -1.72. The van der Waals surface area contributed by atoms with Crippen molar-refractivity contribution in [2.45, 2.75) is 13.0 Å². The number of carbonyl (C=O) groups excluding carboxylic acids is 1. The highest BCUT2D eigenvalue weighted by Crippen LogP contribution is 2.16. The molecular weight excluding hydrogens is 260 g/mol. The third-order valence-corrected chi connectivity index (χ3v) is 2.99. The molecule has 0 aliphatic rings. The van der Waals surface area contributed by atoms with Gasteiger partial charge >= 0.3 is 16.3 Å². The molecule has 8 heteroatoms. The average molecular weight is 274 g/mol. The summed E-state index contributed by atoms with van der Waals surface area (Å²) in [4.78, 5) is 10.8. The lowest BCUT2D eigenvalue weighted by atomic mass is 10.1. The first-order valence-electron chi connectivity index (χ1n) is 5.00. The van der Waals surface area contributed by atoms with Crippen LogP contribution in [-0.4, -0.2) is 26.7 Å². The second-order valence-corrected chi connectivity index (χ2v) is 4.91. The summed E-state index contributed by atoms with van der Waals surface area (Å²) in [6.45, 7) is 1.60. The number of rotatable bonds is 4. The van der Waals surface area contributed by atoms with Gasteiger partial charge in [0.25, 0.3) is 0 Å². The van der Waals surface area contributed by atoms with Crippen LogP contribution in [0.4, 0.5) is 10.5 Å². The molecule has 100 valence electrons. The third kappa shape index (κ3) is 4.22. The van der Waals surface area contributed by atoms with Gasteiger partial charge in [-0.05, 0) is 24.6 Å². The molecule has 0 aliphatic heterocycles. The highest BCUT2D eigenvalue weighted by atomic mass is 32.2. The predicted octanol–water partition coefficient (Wildman–Crippen LogP) is 0.753. The predicted molar refractivity (Wildman–Crippen MR) is 65.2 cm³/mol. The van der Waals surface area contributed by atoms with Crippen molar-refractivity contribution < 1.29 is 23.1 Å². The van der Waals surface area contributed by atoms with E-state index in [9.17, 15) is 18.3 Å². The van der Waals surface area contributed by atoms with Crippen LogP contribution >= 0.6 is 0 Å². The summed E-state index contributed by atoms with van der Waals surface area (Å²) in [5, 5.41) is 9.29. The zero-order valence-corrected chi connectivity index (χ0v) is 10.7. The van der Waals surface area contributed by atoms with Gasteiger partial charge in [-0.2, -0.15) is 8.42 Å². The lowest BCUT2D eigenvalue weighted by molar-refractivity contribution is 0.177. The maximum absolute atomic E-state index is 11.4. The van der Waals surface area contributed by atoms with Crippen LogP contribution in [0, 0.1) is 0 Å². The number of aliphatic hydroxyl groups is 1. The third-order valence-electron chi connectivity index (χ3n) is 2.05. The van der Waals surface area contributed by atoms with Gasteiger partial charge in [-0.3, -0.25) is 4.72 Å². The Balaban J connectivity index is 2.75. The van der Waals surface area contributed by atoms with Gasteiger partial charge < -0.3 is 9.84 Å². The van der Waals surface area contributed by atoms with Gasteiger partial charge in [0.05, 0.1) is 18.9 Å². The molecular formula is C10H14N2O5S. The van der Waals surface area contributed by atoms with E-state index >= 15 is 0 Å². The van der Waals surface area contributed by atoms with Gasteiger partial charge in [-0.15, -0.1) is 0 Å². The molecule has 1 rings (SSSR count). The topological polar surface area (TPSA) is 105 Å². The first kappa shape index (κ1) is 14.3. The van der Waals surface area contributed by atoms with Gasteiger partial charge in [-0.25, -0.2) is 9.52 Å². The van der Waals surface area contributed by atoms with Crippen molar-refractivity contribution in [2.75, 3.05) is 11.8 Å². The summed E-state index contributed by atoms with van der Waals surface area (Å²) in [5.41, 5.74) is 0.912. The van der Waals surface area contributed by atoms with E-state index in [4.69, 9.17) is 0 Å². The molecule has 1 aromatic carbocycles. The van der Waals surface area contributed by atoms with E-state index in [1.807, 2.05) is 0 Å². The number of aliphatic hydroxyl groups excluding tert-OH is 1. The maximum Gasteiger partial charge on any atom is 0.422 e. The van der Waals surface area contributed by atoms with Crippen LogP contribution in [0.25, 0.3) is 0 Å². The molecule has 0 heterocycles. The summed E-state index contributed by atoms with van der Waals surface area (Å²) in [6, 6.07) is 6.08. The van der Waals surface area contributed by atoms with E-state index in [-0.39, 0.29) is 5.69 Å². The Labute approximate surface area is 105 Å². The van der Waals surface area contributed by atoms with Crippen LogP contribution in [0.15, 0.2) is 24.3 Å². The molecule has 0 aliphatic carbocycles. The Bertz CT molecular complexity index is 510.